The van der Waals surface area contributed by atoms with Crippen LogP contribution in [0.2, 0.25) is 0 Å². The molecule has 0 spiro atoms. The van der Waals surface area contributed by atoms with Crippen LogP contribution in [0, 0.1) is 13.8 Å². The summed E-state index contributed by atoms with van der Waals surface area (Å²) in [5, 5.41) is 8.05. The van der Waals surface area contributed by atoms with E-state index in [2.05, 4.69) is 22.5 Å². The molecule has 0 radical (unpaired) electrons. The van der Waals surface area contributed by atoms with Crippen LogP contribution in [0.3, 0.4) is 0 Å². The zero-order chi connectivity index (χ0) is 13.2. The lowest BCUT2D eigenvalue weighted by Crippen LogP contribution is -2.18. The molecule has 1 aromatic rings. The lowest BCUT2D eigenvalue weighted by Gasteiger charge is -2.09. The van der Waals surface area contributed by atoms with Gasteiger partial charge in [-0.15, -0.1) is 10.2 Å². The number of aromatic nitrogens is 3. The average molecular weight is 252 g/mol. The van der Waals surface area contributed by atoms with Crippen LogP contribution in [0.5, 0.6) is 0 Å². The Morgan fingerprint density at radius 3 is 1.89 bits per heavy atom. The molecule has 0 aromatic carbocycles. The highest BCUT2D eigenvalue weighted by molar-refractivity contribution is 4.94. The second-order valence-corrected chi connectivity index (χ2v) is 5.01. The summed E-state index contributed by atoms with van der Waals surface area (Å²) in [6.07, 6.45) is 10.9. The van der Waals surface area contributed by atoms with Gasteiger partial charge in [-0.3, -0.25) is 0 Å². The molecule has 0 fully saturated rings. The number of hydrogen-bond donors (Lipinski definition) is 1. The topological polar surface area (TPSA) is 42.7 Å². The fraction of sp³-hybridized carbons (Fsp3) is 0.857. The van der Waals surface area contributed by atoms with Gasteiger partial charge in [0.1, 0.15) is 11.6 Å². The van der Waals surface area contributed by atoms with E-state index < -0.39 is 0 Å². The van der Waals surface area contributed by atoms with Crippen molar-refractivity contribution in [1.82, 2.24) is 14.9 Å². The van der Waals surface area contributed by atoms with Gasteiger partial charge in [0.05, 0.1) is 0 Å². The van der Waals surface area contributed by atoms with E-state index in [0.717, 1.165) is 18.2 Å². The predicted octanol–water partition coefficient (Wildman–Crippen LogP) is 3.58. The minimum absolute atomic E-state index is 0.937. The summed E-state index contributed by atoms with van der Waals surface area (Å²) in [4.78, 5) is 0. The van der Waals surface area contributed by atoms with Crippen LogP contribution in [-0.2, 0) is 0 Å². The van der Waals surface area contributed by atoms with Gasteiger partial charge in [-0.25, -0.2) is 4.68 Å². The Balaban J connectivity index is 1.96. The molecule has 4 nitrogen and oxygen atoms in total. The van der Waals surface area contributed by atoms with E-state index >= 15 is 0 Å². The monoisotopic (exact) mass is 252 g/mol. The molecule has 18 heavy (non-hydrogen) atoms. The second kappa shape index (κ2) is 8.95. The third-order valence-electron chi connectivity index (χ3n) is 3.29. The van der Waals surface area contributed by atoms with Crippen molar-refractivity contribution in [3.63, 3.8) is 0 Å². The highest BCUT2D eigenvalue weighted by Crippen LogP contribution is 2.08. The Morgan fingerprint density at radius 2 is 1.33 bits per heavy atom. The molecule has 0 saturated heterocycles. The van der Waals surface area contributed by atoms with Crippen molar-refractivity contribution in [2.24, 2.45) is 0 Å². The van der Waals surface area contributed by atoms with Crippen LogP contribution >= 0.6 is 0 Å². The summed E-state index contributed by atoms with van der Waals surface area (Å²) in [7, 11) is 0. The van der Waals surface area contributed by atoms with Gasteiger partial charge in [0.15, 0.2) is 0 Å². The van der Waals surface area contributed by atoms with E-state index in [9.17, 15) is 0 Å². The first-order chi connectivity index (χ1) is 8.75. The lowest BCUT2D eigenvalue weighted by atomic mass is 10.1. The molecular formula is C14H28N4. The third kappa shape index (κ3) is 5.52. The molecule has 0 aliphatic rings. The summed E-state index contributed by atoms with van der Waals surface area (Å²) < 4.78 is 1.97. The molecule has 1 N–H and O–H groups in total. The van der Waals surface area contributed by atoms with Crippen molar-refractivity contribution in [2.45, 2.75) is 72.1 Å². The standard InChI is InChI=1S/C14H28N4/c1-4-5-6-7-8-9-10-11-12-15-18-13(2)16-17-14(18)3/h15H,4-12H2,1-3H3. The molecule has 104 valence electrons. The zero-order valence-corrected chi connectivity index (χ0v) is 12.2. The Labute approximate surface area is 111 Å². The fourth-order valence-electron chi connectivity index (χ4n) is 2.15. The minimum atomic E-state index is 0.937. The number of rotatable bonds is 10. The quantitative estimate of drug-likeness (QED) is 0.647. The molecular weight excluding hydrogens is 224 g/mol. The maximum absolute atomic E-state index is 4.02. The second-order valence-electron chi connectivity index (χ2n) is 5.01. The molecule has 1 aromatic heterocycles. The SMILES string of the molecule is CCCCCCCCCCNn1c(C)nnc1C. The Hall–Kier alpha value is -1.06. The molecule has 1 heterocycles. The smallest absolute Gasteiger partial charge is 0.148 e. The number of hydrogen-bond acceptors (Lipinski definition) is 3. The number of nitrogens with zero attached hydrogens (tertiary/aromatic N) is 3. The van der Waals surface area contributed by atoms with Crippen molar-refractivity contribution in [3.05, 3.63) is 11.6 Å². The molecule has 0 aliphatic carbocycles. The van der Waals surface area contributed by atoms with Gasteiger partial charge in [0.25, 0.3) is 0 Å². The third-order valence-corrected chi connectivity index (χ3v) is 3.29. The molecule has 4 heteroatoms. The summed E-state index contributed by atoms with van der Waals surface area (Å²) in [5.41, 5.74) is 3.36. The van der Waals surface area contributed by atoms with Crippen LogP contribution in [0.25, 0.3) is 0 Å². The maximum atomic E-state index is 4.02. The van der Waals surface area contributed by atoms with Crippen LogP contribution in [0.15, 0.2) is 0 Å². The first-order valence-electron chi connectivity index (χ1n) is 7.38. The Bertz CT molecular complexity index is 300. The lowest BCUT2D eigenvalue weighted by molar-refractivity contribution is 0.575. The van der Waals surface area contributed by atoms with Gasteiger partial charge < -0.3 is 5.43 Å². The highest BCUT2D eigenvalue weighted by atomic mass is 15.5. The first-order valence-corrected chi connectivity index (χ1v) is 7.38. The zero-order valence-electron chi connectivity index (χ0n) is 12.2. The van der Waals surface area contributed by atoms with Crippen molar-refractivity contribution in [1.29, 1.82) is 0 Å². The summed E-state index contributed by atoms with van der Waals surface area (Å²) in [6, 6.07) is 0. The van der Waals surface area contributed by atoms with Crippen LogP contribution in [0.1, 0.15) is 69.9 Å². The highest BCUT2D eigenvalue weighted by Gasteiger charge is 2.01. The van der Waals surface area contributed by atoms with Gasteiger partial charge >= 0.3 is 0 Å². The summed E-state index contributed by atoms with van der Waals surface area (Å²) >= 11 is 0. The molecule has 1 rings (SSSR count). The number of unbranched alkanes of at least 4 members (excludes halogenated alkanes) is 7. The van der Waals surface area contributed by atoms with Crippen molar-refractivity contribution in [3.8, 4) is 0 Å². The number of aryl methyl sites for hydroxylation is 2. The van der Waals surface area contributed by atoms with Crippen molar-refractivity contribution >= 4 is 0 Å². The molecule has 0 amide bonds. The van der Waals surface area contributed by atoms with Gasteiger partial charge in [-0.05, 0) is 20.3 Å². The van der Waals surface area contributed by atoms with Gasteiger partial charge in [-0.2, -0.15) is 0 Å². The van der Waals surface area contributed by atoms with Crippen LogP contribution in [0.4, 0.5) is 0 Å². The largest absolute Gasteiger partial charge is 0.323 e. The van der Waals surface area contributed by atoms with Crippen LogP contribution in [-0.4, -0.2) is 21.4 Å². The predicted molar refractivity (Wildman–Crippen MR) is 76.3 cm³/mol. The van der Waals surface area contributed by atoms with Crippen LogP contribution < -0.4 is 5.43 Å². The number of nitrogens with one attached hydrogen (secondary N) is 1. The van der Waals surface area contributed by atoms with E-state index in [1.807, 2.05) is 18.5 Å². The molecule has 0 bridgehead atoms. The first kappa shape index (κ1) is 15.0. The fourth-order valence-corrected chi connectivity index (χ4v) is 2.15. The van der Waals surface area contributed by atoms with E-state index in [-0.39, 0.29) is 0 Å². The van der Waals surface area contributed by atoms with E-state index in [1.54, 1.807) is 0 Å². The molecule has 0 atom stereocenters. The Kier molecular flexibility index (Phi) is 7.46. The minimum Gasteiger partial charge on any atom is -0.323 e. The van der Waals surface area contributed by atoms with Gasteiger partial charge in [-0.1, -0.05) is 51.9 Å². The van der Waals surface area contributed by atoms with E-state index in [4.69, 9.17) is 0 Å². The molecule has 0 saturated carbocycles. The average Bonchev–Trinajstić information content (AvgIpc) is 2.68. The van der Waals surface area contributed by atoms with Crippen molar-refractivity contribution in [2.75, 3.05) is 12.0 Å². The maximum Gasteiger partial charge on any atom is 0.148 e. The van der Waals surface area contributed by atoms with Crippen molar-refractivity contribution < 1.29 is 0 Å². The van der Waals surface area contributed by atoms with E-state index in [0.29, 0.717) is 0 Å². The summed E-state index contributed by atoms with van der Waals surface area (Å²) in [5.74, 6) is 1.87. The van der Waals surface area contributed by atoms with Gasteiger partial charge in [0.2, 0.25) is 0 Å². The molecule has 0 unspecified atom stereocenters. The normalized spacial score (nSPS) is 10.8. The summed E-state index contributed by atoms with van der Waals surface area (Å²) in [6.45, 7) is 7.22. The van der Waals surface area contributed by atoms with E-state index in [1.165, 1.54) is 51.4 Å². The van der Waals surface area contributed by atoms with Gasteiger partial charge in [0, 0.05) is 6.54 Å². The molecule has 0 aliphatic heterocycles. The Morgan fingerprint density at radius 1 is 0.833 bits per heavy atom.